The standard InChI is InChI=1S/C13H16N2O3/c1-8(16)14-7-13(2,3)9-4-5-11-10(6-9)15-12(17)18-11/h4-6H,7H2,1-3H3,(H,14,16)(H,15,17). The van der Waals surface area contributed by atoms with Gasteiger partial charge in [0, 0.05) is 18.9 Å². The summed E-state index contributed by atoms with van der Waals surface area (Å²) in [5.41, 5.74) is 2.03. The molecule has 5 nitrogen and oxygen atoms in total. The highest BCUT2D eigenvalue weighted by Crippen LogP contribution is 2.25. The molecule has 1 heterocycles. The van der Waals surface area contributed by atoms with Gasteiger partial charge < -0.3 is 9.73 Å². The Balaban J connectivity index is 2.34. The maximum absolute atomic E-state index is 11.1. The van der Waals surface area contributed by atoms with Crippen LogP contribution in [0.2, 0.25) is 0 Å². The van der Waals surface area contributed by atoms with Gasteiger partial charge in [-0.2, -0.15) is 0 Å². The van der Waals surface area contributed by atoms with Crippen molar-refractivity contribution in [2.24, 2.45) is 0 Å². The molecule has 0 unspecified atom stereocenters. The lowest BCUT2D eigenvalue weighted by molar-refractivity contribution is -0.119. The van der Waals surface area contributed by atoms with Crippen LogP contribution >= 0.6 is 0 Å². The highest BCUT2D eigenvalue weighted by molar-refractivity contribution is 5.74. The smallest absolute Gasteiger partial charge is 0.408 e. The van der Waals surface area contributed by atoms with Crippen molar-refractivity contribution in [2.45, 2.75) is 26.2 Å². The summed E-state index contributed by atoms with van der Waals surface area (Å²) in [7, 11) is 0. The minimum atomic E-state index is -0.457. The third-order valence-corrected chi connectivity index (χ3v) is 2.98. The van der Waals surface area contributed by atoms with E-state index in [1.54, 1.807) is 6.07 Å². The lowest BCUT2D eigenvalue weighted by atomic mass is 9.84. The topological polar surface area (TPSA) is 75.1 Å². The molecule has 0 atom stereocenters. The molecule has 1 aromatic heterocycles. The van der Waals surface area contributed by atoms with Gasteiger partial charge in [-0.15, -0.1) is 0 Å². The Kier molecular flexibility index (Phi) is 2.98. The number of amides is 1. The van der Waals surface area contributed by atoms with E-state index < -0.39 is 5.76 Å². The van der Waals surface area contributed by atoms with Crippen LogP contribution in [-0.2, 0) is 10.2 Å². The number of carbonyl (C=O) groups is 1. The average molecular weight is 248 g/mol. The molecule has 1 aromatic carbocycles. The summed E-state index contributed by atoms with van der Waals surface area (Å²) in [5, 5.41) is 2.80. The van der Waals surface area contributed by atoms with E-state index in [9.17, 15) is 9.59 Å². The van der Waals surface area contributed by atoms with E-state index >= 15 is 0 Å². The maximum atomic E-state index is 11.1. The van der Waals surface area contributed by atoms with Crippen LogP contribution in [0.15, 0.2) is 27.4 Å². The van der Waals surface area contributed by atoms with Crippen LogP contribution in [-0.4, -0.2) is 17.4 Å². The number of oxazole rings is 1. The van der Waals surface area contributed by atoms with Crippen molar-refractivity contribution < 1.29 is 9.21 Å². The van der Waals surface area contributed by atoms with E-state index in [2.05, 4.69) is 10.3 Å². The lowest BCUT2D eigenvalue weighted by Crippen LogP contribution is -2.35. The molecule has 2 aromatic rings. The van der Waals surface area contributed by atoms with Crippen LogP contribution < -0.4 is 11.1 Å². The summed E-state index contributed by atoms with van der Waals surface area (Å²) in [6.45, 7) is 6.09. The number of fused-ring (bicyclic) bond motifs is 1. The van der Waals surface area contributed by atoms with Gasteiger partial charge in [-0.25, -0.2) is 4.79 Å². The molecule has 5 heteroatoms. The number of nitrogens with one attached hydrogen (secondary N) is 2. The largest absolute Gasteiger partial charge is 0.417 e. The molecule has 0 bridgehead atoms. The predicted octanol–water partition coefficient (Wildman–Crippen LogP) is 1.53. The van der Waals surface area contributed by atoms with E-state index in [-0.39, 0.29) is 11.3 Å². The van der Waals surface area contributed by atoms with Gasteiger partial charge in [0.2, 0.25) is 5.91 Å². The number of rotatable bonds is 3. The van der Waals surface area contributed by atoms with Crippen molar-refractivity contribution in [3.05, 3.63) is 34.3 Å². The maximum Gasteiger partial charge on any atom is 0.417 e. The van der Waals surface area contributed by atoms with Crippen LogP contribution in [0.25, 0.3) is 11.1 Å². The number of hydrogen-bond donors (Lipinski definition) is 2. The Morgan fingerprint density at radius 2 is 2.17 bits per heavy atom. The lowest BCUT2D eigenvalue weighted by Gasteiger charge is -2.25. The van der Waals surface area contributed by atoms with Crippen molar-refractivity contribution in [2.75, 3.05) is 6.54 Å². The highest BCUT2D eigenvalue weighted by atomic mass is 16.4. The molecule has 2 N–H and O–H groups in total. The third-order valence-electron chi connectivity index (χ3n) is 2.98. The first kappa shape index (κ1) is 12.4. The first-order valence-corrected chi connectivity index (χ1v) is 5.76. The number of H-pyrrole nitrogens is 1. The molecule has 0 aliphatic rings. The minimum Gasteiger partial charge on any atom is -0.408 e. The molecule has 0 saturated heterocycles. The minimum absolute atomic E-state index is 0.0547. The number of aromatic amines is 1. The Bertz CT molecular complexity index is 637. The predicted molar refractivity (Wildman–Crippen MR) is 68.5 cm³/mol. The zero-order valence-corrected chi connectivity index (χ0v) is 10.7. The molecule has 1 amide bonds. The first-order chi connectivity index (χ1) is 8.38. The van der Waals surface area contributed by atoms with Gasteiger partial charge in [-0.05, 0) is 17.7 Å². The van der Waals surface area contributed by atoms with E-state index in [1.807, 2.05) is 26.0 Å². The zero-order chi connectivity index (χ0) is 13.3. The van der Waals surface area contributed by atoms with Crippen molar-refractivity contribution in [3.63, 3.8) is 0 Å². The normalized spacial score (nSPS) is 11.7. The number of benzene rings is 1. The summed E-state index contributed by atoms with van der Waals surface area (Å²) < 4.78 is 4.95. The quantitative estimate of drug-likeness (QED) is 0.865. The second-order valence-corrected chi connectivity index (χ2v) is 5.02. The summed E-state index contributed by atoms with van der Waals surface area (Å²) in [4.78, 5) is 24.7. The summed E-state index contributed by atoms with van der Waals surface area (Å²) in [5.74, 6) is -0.511. The molecule has 0 aliphatic heterocycles. The van der Waals surface area contributed by atoms with Crippen molar-refractivity contribution in [3.8, 4) is 0 Å². The molecule has 0 fully saturated rings. The van der Waals surface area contributed by atoms with Crippen LogP contribution in [0.3, 0.4) is 0 Å². The molecule has 18 heavy (non-hydrogen) atoms. The molecule has 0 aliphatic carbocycles. The number of carbonyl (C=O) groups excluding carboxylic acids is 1. The fourth-order valence-corrected chi connectivity index (χ4v) is 1.82. The van der Waals surface area contributed by atoms with E-state index in [4.69, 9.17) is 4.42 Å². The van der Waals surface area contributed by atoms with Crippen molar-refractivity contribution in [1.29, 1.82) is 0 Å². The fraction of sp³-hybridized carbons (Fsp3) is 0.385. The van der Waals surface area contributed by atoms with Crippen LogP contribution in [0.1, 0.15) is 26.3 Å². The first-order valence-electron chi connectivity index (χ1n) is 5.76. The fourth-order valence-electron chi connectivity index (χ4n) is 1.82. The second kappa shape index (κ2) is 4.33. The zero-order valence-electron chi connectivity index (χ0n) is 10.7. The Morgan fingerprint density at radius 1 is 1.44 bits per heavy atom. The molecular weight excluding hydrogens is 232 g/mol. The number of aromatic nitrogens is 1. The van der Waals surface area contributed by atoms with Gasteiger partial charge >= 0.3 is 5.76 Å². The van der Waals surface area contributed by atoms with Crippen LogP contribution in [0.5, 0.6) is 0 Å². The number of hydrogen-bond acceptors (Lipinski definition) is 3. The SMILES string of the molecule is CC(=O)NCC(C)(C)c1ccc2oc(=O)[nH]c2c1. The van der Waals surface area contributed by atoms with E-state index in [0.29, 0.717) is 17.6 Å². The van der Waals surface area contributed by atoms with Crippen LogP contribution in [0, 0.1) is 0 Å². The van der Waals surface area contributed by atoms with Gasteiger partial charge in [0.25, 0.3) is 0 Å². The van der Waals surface area contributed by atoms with Gasteiger partial charge in [-0.1, -0.05) is 19.9 Å². The molecular formula is C13H16N2O3. The monoisotopic (exact) mass is 248 g/mol. The molecule has 0 saturated carbocycles. The Morgan fingerprint density at radius 3 is 2.83 bits per heavy atom. The van der Waals surface area contributed by atoms with Gasteiger partial charge in [0.1, 0.15) is 0 Å². The summed E-state index contributed by atoms with van der Waals surface area (Å²) in [6.07, 6.45) is 0. The molecule has 2 rings (SSSR count). The van der Waals surface area contributed by atoms with E-state index in [0.717, 1.165) is 5.56 Å². The van der Waals surface area contributed by atoms with Crippen molar-refractivity contribution >= 4 is 17.0 Å². The van der Waals surface area contributed by atoms with Gasteiger partial charge in [0.05, 0.1) is 5.52 Å². The third kappa shape index (κ3) is 2.45. The van der Waals surface area contributed by atoms with E-state index in [1.165, 1.54) is 6.92 Å². The molecule has 0 radical (unpaired) electrons. The molecule has 96 valence electrons. The average Bonchev–Trinajstić information content (AvgIpc) is 2.65. The Hall–Kier alpha value is -2.04. The van der Waals surface area contributed by atoms with Crippen molar-refractivity contribution in [1.82, 2.24) is 10.3 Å². The van der Waals surface area contributed by atoms with Gasteiger partial charge in [0.15, 0.2) is 5.58 Å². The molecule has 0 spiro atoms. The highest BCUT2D eigenvalue weighted by Gasteiger charge is 2.21. The van der Waals surface area contributed by atoms with Crippen LogP contribution in [0.4, 0.5) is 0 Å². The summed E-state index contributed by atoms with van der Waals surface area (Å²) in [6, 6.07) is 5.54. The summed E-state index contributed by atoms with van der Waals surface area (Å²) >= 11 is 0. The van der Waals surface area contributed by atoms with Gasteiger partial charge in [-0.3, -0.25) is 9.78 Å². The second-order valence-electron chi connectivity index (χ2n) is 5.02. The Labute approximate surface area is 104 Å².